The second kappa shape index (κ2) is 5.24. The Morgan fingerprint density at radius 1 is 1.30 bits per heavy atom. The fraction of sp³-hybridized carbons (Fsp3) is 0.385. The van der Waals surface area contributed by atoms with E-state index in [-0.39, 0.29) is 18.3 Å². The van der Waals surface area contributed by atoms with E-state index in [4.69, 9.17) is 0 Å². The third-order valence-electron chi connectivity index (χ3n) is 2.85. The van der Waals surface area contributed by atoms with Gasteiger partial charge < -0.3 is 5.11 Å². The topological polar surface area (TPSA) is 50.9 Å². The lowest BCUT2D eigenvalue weighted by atomic mass is 10.1. The van der Waals surface area contributed by atoms with Crippen LogP contribution in [0.25, 0.3) is 5.82 Å². The van der Waals surface area contributed by atoms with E-state index in [0.29, 0.717) is 11.3 Å². The summed E-state index contributed by atoms with van der Waals surface area (Å²) in [5, 5.41) is 13.5. The molecule has 0 aliphatic rings. The quantitative estimate of drug-likeness (QED) is 0.943. The van der Waals surface area contributed by atoms with Gasteiger partial charge in [0.1, 0.15) is 0 Å². The number of aromatic nitrogens is 3. The fourth-order valence-corrected chi connectivity index (χ4v) is 1.84. The molecule has 108 valence electrons. The Morgan fingerprint density at radius 3 is 2.40 bits per heavy atom. The molecular weight excluding hydrogens is 271 g/mol. The minimum atomic E-state index is -4.41. The van der Waals surface area contributed by atoms with E-state index in [1.807, 2.05) is 13.8 Å². The molecule has 2 aromatic heterocycles. The number of pyridine rings is 1. The minimum absolute atomic E-state index is 0.104. The summed E-state index contributed by atoms with van der Waals surface area (Å²) in [5.74, 6) is 0.382. The second-order valence-corrected chi connectivity index (χ2v) is 4.70. The van der Waals surface area contributed by atoms with Crippen LogP contribution in [0, 0.1) is 0 Å². The van der Waals surface area contributed by atoms with Crippen LogP contribution in [0.4, 0.5) is 13.2 Å². The zero-order valence-electron chi connectivity index (χ0n) is 11.0. The molecule has 0 unspecified atom stereocenters. The molecule has 0 amide bonds. The van der Waals surface area contributed by atoms with Crippen LogP contribution in [-0.4, -0.2) is 19.9 Å². The Morgan fingerprint density at radius 2 is 2.00 bits per heavy atom. The first-order valence-electron chi connectivity index (χ1n) is 6.06. The number of hydrogen-bond acceptors (Lipinski definition) is 3. The van der Waals surface area contributed by atoms with Gasteiger partial charge in [0.05, 0.1) is 17.9 Å². The standard InChI is InChI=1S/C13H14F3N3O/c1-8(2)12-9(7-20)6-19(18-12)11-4-3-10(5-17-11)13(14,15)16/h3-6,8,20H,7H2,1-2H3. The summed E-state index contributed by atoms with van der Waals surface area (Å²) in [6.07, 6.45) is -2.06. The van der Waals surface area contributed by atoms with Gasteiger partial charge in [-0.1, -0.05) is 13.8 Å². The van der Waals surface area contributed by atoms with Crippen LogP contribution in [0.2, 0.25) is 0 Å². The number of rotatable bonds is 3. The molecule has 1 N–H and O–H groups in total. The van der Waals surface area contributed by atoms with E-state index in [9.17, 15) is 18.3 Å². The van der Waals surface area contributed by atoms with Gasteiger partial charge in [0.15, 0.2) is 5.82 Å². The SMILES string of the molecule is CC(C)c1nn(-c2ccc(C(F)(F)F)cn2)cc1CO. The average Bonchev–Trinajstić information content (AvgIpc) is 2.82. The zero-order valence-corrected chi connectivity index (χ0v) is 11.0. The molecule has 0 aliphatic heterocycles. The summed E-state index contributed by atoms with van der Waals surface area (Å²) in [7, 11) is 0. The van der Waals surface area contributed by atoms with Gasteiger partial charge in [-0.25, -0.2) is 9.67 Å². The molecule has 0 bridgehead atoms. The van der Waals surface area contributed by atoms with Crippen LogP contribution in [0.15, 0.2) is 24.5 Å². The predicted octanol–water partition coefficient (Wildman–Crippen LogP) is 2.90. The Bertz CT molecular complexity index is 588. The highest BCUT2D eigenvalue weighted by atomic mass is 19.4. The Balaban J connectivity index is 2.37. The molecule has 2 heterocycles. The van der Waals surface area contributed by atoms with Crippen molar-refractivity contribution in [1.82, 2.24) is 14.8 Å². The van der Waals surface area contributed by atoms with Crippen LogP contribution in [-0.2, 0) is 12.8 Å². The van der Waals surface area contributed by atoms with Crippen molar-refractivity contribution in [3.8, 4) is 5.82 Å². The molecule has 7 heteroatoms. The highest BCUT2D eigenvalue weighted by Gasteiger charge is 2.30. The zero-order chi connectivity index (χ0) is 14.9. The number of alkyl halides is 3. The molecule has 0 aromatic carbocycles. The molecule has 0 atom stereocenters. The normalized spacial score (nSPS) is 12.2. The molecule has 0 aliphatic carbocycles. The monoisotopic (exact) mass is 285 g/mol. The first-order valence-corrected chi connectivity index (χ1v) is 6.06. The minimum Gasteiger partial charge on any atom is -0.392 e. The van der Waals surface area contributed by atoms with Crippen LogP contribution in [0.5, 0.6) is 0 Å². The number of hydrogen-bond donors (Lipinski definition) is 1. The van der Waals surface area contributed by atoms with Gasteiger partial charge in [-0.15, -0.1) is 0 Å². The van der Waals surface area contributed by atoms with Gasteiger partial charge in [0.25, 0.3) is 0 Å². The summed E-state index contributed by atoms with van der Waals surface area (Å²) < 4.78 is 38.7. The highest BCUT2D eigenvalue weighted by molar-refractivity contribution is 5.29. The average molecular weight is 285 g/mol. The summed E-state index contributed by atoms with van der Waals surface area (Å²) in [6.45, 7) is 3.67. The van der Waals surface area contributed by atoms with E-state index in [1.54, 1.807) is 6.20 Å². The van der Waals surface area contributed by atoms with E-state index in [1.165, 1.54) is 10.7 Å². The van der Waals surface area contributed by atoms with Crippen molar-refractivity contribution in [2.24, 2.45) is 0 Å². The van der Waals surface area contributed by atoms with Crippen molar-refractivity contribution < 1.29 is 18.3 Å². The molecule has 4 nitrogen and oxygen atoms in total. The molecular formula is C13H14F3N3O. The van der Waals surface area contributed by atoms with Crippen molar-refractivity contribution >= 4 is 0 Å². The van der Waals surface area contributed by atoms with Gasteiger partial charge in [0.2, 0.25) is 0 Å². The summed E-state index contributed by atoms with van der Waals surface area (Å²) in [6, 6.07) is 2.21. The van der Waals surface area contributed by atoms with Gasteiger partial charge in [-0.3, -0.25) is 0 Å². The lowest BCUT2D eigenvalue weighted by Crippen LogP contribution is -2.07. The largest absolute Gasteiger partial charge is 0.417 e. The molecule has 2 rings (SSSR count). The van der Waals surface area contributed by atoms with E-state index in [0.717, 1.165) is 12.3 Å². The Hall–Kier alpha value is -1.89. The molecule has 2 aromatic rings. The van der Waals surface area contributed by atoms with Crippen molar-refractivity contribution in [2.75, 3.05) is 0 Å². The number of nitrogens with zero attached hydrogens (tertiary/aromatic N) is 3. The summed E-state index contributed by atoms with van der Waals surface area (Å²) in [5.41, 5.74) is 0.538. The predicted molar refractivity (Wildman–Crippen MR) is 66.4 cm³/mol. The second-order valence-electron chi connectivity index (χ2n) is 4.70. The van der Waals surface area contributed by atoms with E-state index < -0.39 is 11.7 Å². The van der Waals surface area contributed by atoms with Crippen LogP contribution < -0.4 is 0 Å². The number of aliphatic hydroxyl groups is 1. The maximum atomic E-state index is 12.5. The van der Waals surface area contributed by atoms with Crippen LogP contribution >= 0.6 is 0 Å². The molecule has 0 saturated carbocycles. The summed E-state index contributed by atoms with van der Waals surface area (Å²) in [4.78, 5) is 3.76. The van der Waals surface area contributed by atoms with Crippen molar-refractivity contribution in [1.29, 1.82) is 0 Å². The van der Waals surface area contributed by atoms with Crippen LogP contribution in [0.3, 0.4) is 0 Å². The van der Waals surface area contributed by atoms with Crippen molar-refractivity contribution in [3.63, 3.8) is 0 Å². The van der Waals surface area contributed by atoms with E-state index in [2.05, 4.69) is 10.1 Å². The molecule has 20 heavy (non-hydrogen) atoms. The maximum absolute atomic E-state index is 12.5. The Labute approximate surface area is 113 Å². The smallest absolute Gasteiger partial charge is 0.392 e. The van der Waals surface area contributed by atoms with Gasteiger partial charge in [-0.2, -0.15) is 18.3 Å². The number of halogens is 3. The molecule has 0 radical (unpaired) electrons. The van der Waals surface area contributed by atoms with Gasteiger partial charge in [0, 0.05) is 18.0 Å². The summed E-state index contributed by atoms with van der Waals surface area (Å²) >= 11 is 0. The molecule has 0 fully saturated rings. The maximum Gasteiger partial charge on any atom is 0.417 e. The Kier molecular flexibility index (Phi) is 3.80. The van der Waals surface area contributed by atoms with Gasteiger partial charge in [-0.05, 0) is 18.1 Å². The van der Waals surface area contributed by atoms with Crippen LogP contribution in [0.1, 0.15) is 36.6 Å². The first-order chi connectivity index (χ1) is 9.32. The molecule has 0 saturated heterocycles. The fourth-order valence-electron chi connectivity index (χ4n) is 1.84. The molecule has 0 spiro atoms. The lowest BCUT2D eigenvalue weighted by molar-refractivity contribution is -0.137. The lowest BCUT2D eigenvalue weighted by Gasteiger charge is -2.06. The van der Waals surface area contributed by atoms with E-state index >= 15 is 0 Å². The highest BCUT2D eigenvalue weighted by Crippen LogP contribution is 2.28. The first kappa shape index (κ1) is 14.5. The van der Waals surface area contributed by atoms with Crippen molar-refractivity contribution in [2.45, 2.75) is 32.5 Å². The number of aliphatic hydroxyl groups excluding tert-OH is 1. The van der Waals surface area contributed by atoms with Gasteiger partial charge >= 0.3 is 6.18 Å². The van der Waals surface area contributed by atoms with Crippen molar-refractivity contribution in [3.05, 3.63) is 41.3 Å². The third-order valence-corrected chi connectivity index (χ3v) is 2.85. The third kappa shape index (κ3) is 2.82.